The van der Waals surface area contributed by atoms with Crippen LogP contribution in [0.3, 0.4) is 0 Å². The van der Waals surface area contributed by atoms with E-state index < -0.39 is 5.97 Å². The van der Waals surface area contributed by atoms with Gasteiger partial charge in [0.2, 0.25) is 0 Å². The number of rotatable bonds is 7. The van der Waals surface area contributed by atoms with Gasteiger partial charge in [0.25, 0.3) is 0 Å². The van der Waals surface area contributed by atoms with Gasteiger partial charge in [-0.1, -0.05) is 0 Å². The maximum atomic E-state index is 12.8. The third-order valence-electron chi connectivity index (χ3n) is 3.44. The largest absolute Gasteiger partial charge is 0.497 e. The molecule has 3 aromatic rings. The summed E-state index contributed by atoms with van der Waals surface area (Å²) >= 11 is 1.47. The molecule has 0 unspecified atom stereocenters. The van der Waals surface area contributed by atoms with Crippen LogP contribution in [0.2, 0.25) is 0 Å². The van der Waals surface area contributed by atoms with Gasteiger partial charge in [-0.25, -0.2) is 14.2 Å². The number of carbonyl (C=O) groups is 1. The number of esters is 1. The zero-order valence-electron chi connectivity index (χ0n) is 14.0. The van der Waals surface area contributed by atoms with Crippen molar-refractivity contribution in [3.63, 3.8) is 0 Å². The van der Waals surface area contributed by atoms with Crippen molar-refractivity contribution >= 4 is 17.3 Å². The van der Waals surface area contributed by atoms with E-state index in [9.17, 15) is 9.18 Å². The van der Waals surface area contributed by atoms with Crippen LogP contribution in [-0.2, 0) is 16.1 Å². The van der Waals surface area contributed by atoms with Crippen LogP contribution >= 0.6 is 11.3 Å². The fourth-order valence-electron chi connectivity index (χ4n) is 2.11. The van der Waals surface area contributed by atoms with Gasteiger partial charge in [0.05, 0.1) is 12.8 Å². The Kier molecular flexibility index (Phi) is 5.80. The second-order valence-electron chi connectivity index (χ2n) is 5.28. The fourth-order valence-corrected chi connectivity index (χ4v) is 2.92. The van der Waals surface area contributed by atoms with Gasteiger partial charge < -0.3 is 14.2 Å². The number of aromatic nitrogens is 1. The summed E-state index contributed by atoms with van der Waals surface area (Å²) in [5.41, 5.74) is 1.63. The predicted molar refractivity (Wildman–Crippen MR) is 95.8 cm³/mol. The fraction of sp³-hybridized carbons (Fsp3) is 0.158. The minimum Gasteiger partial charge on any atom is -0.497 e. The summed E-state index contributed by atoms with van der Waals surface area (Å²) in [4.78, 5) is 16.2. The maximum Gasteiger partial charge on any atom is 0.344 e. The maximum absolute atomic E-state index is 12.8. The van der Waals surface area contributed by atoms with Crippen LogP contribution < -0.4 is 9.47 Å². The molecule has 2 aromatic carbocycles. The van der Waals surface area contributed by atoms with Crippen molar-refractivity contribution in [1.82, 2.24) is 4.98 Å². The van der Waals surface area contributed by atoms with E-state index in [1.165, 1.54) is 35.6 Å². The van der Waals surface area contributed by atoms with E-state index in [-0.39, 0.29) is 19.0 Å². The molecule has 0 radical (unpaired) electrons. The average Bonchev–Trinajstić information content (AvgIpc) is 3.15. The first-order chi connectivity index (χ1) is 12.6. The minimum atomic E-state index is -0.520. The van der Waals surface area contributed by atoms with Crippen molar-refractivity contribution in [2.24, 2.45) is 0 Å². The number of benzene rings is 2. The van der Waals surface area contributed by atoms with Crippen LogP contribution in [0.15, 0.2) is 53.9 Å². The monoisotopic (exact) mass is 373 g/mol. The summed E-state index contributed by atoms with van der Waals surface area (Å²) in [6, 6.07) is 13.0. The summed E-state index contributed by atoms with van der Waals surface area (Å²) in [5.74, 6) is 0.295. The Morgan fingerprint density at radius 1 is 1.08 bits per heavy atom. The average molecular weight is 373 g/mol. The number of halogens is 1. The molecule has 134 valence electrons. The molecule has 0 spiro atoms. The Morgan fingerprint density at radius 3 is 2.46 bits per heavy atom. The Hall–Kier alpha value is -2.93. The molecule has 0 amide bonds. The molecule has 26 heavy (non-hydrogen) atoms. The topological polar surface area (TPSA) is 57.7 Å². The van der Waals surface area contributed by atoms with E-state index in [1.54, 1.807) is 7.11 Å². The van der Waals surface area contributed by atoms with Crippen molar-refractivity contribution in [1.29, 1.82) is 0 Å². The molecule has 7 heteroatoms. The van der Waals surface area contributed by atoms with Crippen molar-refractivity contribution < 1.29 is 23.4 Å². The molecule has 0 bridgehead atoms. The Morgan fingerprint density at radius 2 is 1.77 bits per heavy atom. The number of thiazole rings is 1. The standard InChI is InChI=1S/C19H16FNO4S/c1-23-16-6-2-13(3-7-16)19-21-15(12-26-19)10-25-18(22)11-24-17-8-4-14(20)5-9-17/h2-9,12H,10-11H2,1H3. The number of hydrogen-bond donors (Lipinski definition) is 0. The Labute approximate surface area is 154 Å². The highest BCUT2D eigenvalue weighted by atomic mass is 32.1. The van der Waals surface area contributed by atoms with Crippen molar-refractivity contribution in [2.75, 3.05) is 13.7 Å². The van der Waals surface area contributed by atoms with E-state index in [4.69, 9.17) is 14.2 Å². The van der Waals surface area contributed by atoms with Crippen LogP contribution in [0.4, 0.5) is 4.39 Å². The van der Waals surface area contributed by atoms with E-state index in [1.807, 2.05) is 29.6 Å². The van der Waals surface area contributed by atoms with Crippen molar-refractivity contribution in [3.8, 4) is 22.1 Å². The van der Waals surface area contributed by atoms with E-state index in [0.29, 0.717) is 11.4 Å². The molecule has 0 N–H and O–H groups in total. The molecule has 1 aromatic heterocycles. The lowest BCUT2D eigenvalue weighted by Crippen LogP contribution is -2.14. The number of hydrogen-bond acceptors (Lipinski definition) is 6. The SMILES string of the molecule is COc1ccc(-c2nc(COC(=O)COc3ccc(F)cc3)cs2)cc1. The number of ether oxygens (including phenoxy) is 3. The van der Waals surface area contributed by atoms with Crippen LogP contribution in [0.1, 0.15) is 5.69 Å². The summed E-state index contributed by atoms with van der Waals surface area (Å²) < 4.78 is 28.3. The first-order valence-corrected chi connectivity index (χ1v) is 8.65. The van der Waals surface area contributed by atoms with E-state index in [2.05, 4.69) is 4.98 Å². The lowest BCUT2D eigenvalue weighted by Gasteiger charge is -2.06. The molecule has 0 aliphatic carbocycles. The van der Waals surface area contributed by atoms with Crippen LogP contribution in [0, 0.1) is 5.82 Å². The van der Waals surface area contributed by atoms with Crippen LogP contribution in [0.25, 0.3) is 10.6 Å². The highest BCUT2D eigenvalue weighted by Gasteiger charge is 2.09. The lowest BCUT2D eigenvalue weighted by molar-refractivity contribution is -0.147. The highest BCUT2D eigenvalue weighted by Crippen LogP contribution is 2.25. The van der Waals surface area contributed by atoms with Gasteiger partial charge in [-0.3, -0.25) is 0 Å². The zero-order chi connectivity index (χ0) is 18.4. The number of methoxy groups -OCH3 is 1. The summed E-state index contributed by atoms with van der Waals surface area (Å²) in [5, 5.41) is 2.68. The molecule has 0 saturated carbocycles. The molecule has 0 atom stereocenters. The molecule has 0 saturated heterocycles. The molecule has 0 fully saturated rings. The van der Waals surface area contributed by atoms with E-state index in [0.717, 1.165) is 16.3 Å². The Balaban J connectivity index is 1.49. The van der Waals surface area contributed by atoms with Crippen LogP contribution in [0.5, 0.6) is 11.5 Å². The second kappa shape index (κ2) is 8.44. The van der Waals surface area contributed by atoms with Crippen LogP contribution in [-0.4, -0.2) is 24.7 Å². The first kappa shape index (κ1) is 17.9. The number of carbonyl (C=O) groups excluding carboxylic acids is 1. The predicted octanol–water partition coefficient (Wildman–Crippen LogP) is 4.08. The molecule has 3 rings (SSSR count). The van der Waals surface area contributed by atoms with Crippen molar-refractivity contribution in [3.05, 3.63) is 65.4 Å². The summed E-state index contributed by atoms with van der Waals surface area (Å²) in [6.45, 7) is -0.181. The third kappa shape index (κ3) is 4.80. The molecule has 1 heterocycles. The first-order valence-electron chi connectivity index (χ1n) is 7.77. The molecular weight excluding hydrogens is 357 g/mol. The molecular formula is C19H16FNO4S. The molecule has 5 nitrogen and oxygen atoms in total. The normalized spacial score (nSPS) is 10.4. The van der Waals surface area contributed by atoms with E-state index >= 15 is 0 Å². The lowest BCUT2D eigenvalue weighted by atomic mass is 10.2. The van der Waals surface area contributed by atoms with Gasteiger partial charge in [0.1, 0.15) is 28.9 Å². The summed E-state index contributed by atoms with van der Waals surface area (Å²) in [6.07, 6.45) is 0. The van der Waals surface area contributed by atoms with Gasteiger partial charge in [0, 0.05) is 10.9 Å². The summed E-state index contributed by atoms with van der Waals surface area (Å²) in [7, 11) is 1.62. The van der Waals surface area contributed by atoms with Gasteiger partial charge in [-0.15, -0.1) is 11.3 Å². The van der Waals surface area contributed by atoms with Crippen molar-refractivity contribution in [2.45, 2.75) is 6.61 Å². The zero-order valence-corrected chi connectivity index (χ0v) is 14.8. The highest BCUT2D eigenvalue weighted by molar-refractivity contribution is 7.13. The number of nitrogens with zero attached hydrogens (tertiary/aromatic N) is 1. The molecule has 0 aliphatic rings. The second-order valence-corrected chi connectivity index (χ2v) is 6.13. The van der Waals surface area contributed by atoms with Gasteiger partial charge in [0.15, 0.2) is 6.61 Å². The van der Waals surface area contributed by atoms with Gasteiger partial charge >= 0.3 is 5.97 Å². The Bertz CT molecular complexity index is 862. The third-order valence-corrected chi connectivity index (χ3v) is 4.38. The van der Waals surface area contributed by atoms with Gasteiger partial charge in [-0.05, 0) is 48.5 Å². The quantitative estimate of drug-likeness (QED) is 0.584. The smallest absolute Gasteiger partial charge is 0.344 e. The van der Waals surface area contributed by atoms with Gasteiger partial charge in [-0.2, -0.15) is 0 Å². The molecule has 0 aliphatic heterocycles. The minimum absolute atomic E-state index is 0.0677.